The molecule has 0 aromatic heterocycles. The molecular formula is C27H31NO2. The maximum atomic E-state index is 13.5. The normalized spacial score (nSPS) is 21.1. The van der Waals surface area contributed by atoms with Crippen LogP contribution in [0, 0.1) is 5.41 Å². The van der Waals surface area contributed by atoms with Gasteiger partial charge in [0.25, 0.3) is 0 Å². The van der Waals surface area contributed by atoms with Gasteiger partial charge in [-0.3, -0.25) is 14.5 Å². The number of benzene rings is 2. The molecule has 1 aliphatic heterocycles. The van der Waals surface area contributed by atoms with Gasteiger partial charge in [-0.25, -0.2) is 0 Å². The summed E-state index contributed by atoms with van der Waals surface area (Å²) in [6.07, 6.45) is 3.44. The maximum absolute atomic E-state index is 13.5. The number of ketones is 1. The van der Waals surface area contributed by atoms with Crippen LogP contribution in [0.4, 0.5) is 5.69 Å². The molecule has 0 fully saturated rings. The SMILES string of the molecule is CCc1ccc(C2CC(=O)N(c3ccccc3CC)C3=C2C(=O)CC(C)(C)C3)cc1. The second kappa shape index (κ2) is 7.86. The zero-order valence-electron chi connectivity index (χ0n) is 18.5. The zero-order valence-corrected chi connectivity index (χ0v) is 18.5. The number of amides is 1. The van der Waals surface area contributed by atoms with E-state index in [4.69, 9.17) is 0 Å². The summed E-state index contributed by atoms with van der Waals surface area (Å²) in [5, 5.41) is 0. The van der Waals surface area contributed by atoms with Crippen molar-refractivity contribution >= 4 is 17.4 Å². The predicted octanol–water partition coefficient (Wildman–Crippen LogP) is 5.98. The van der Waals surface area contributed by atoms with Crippen LogP contribution in [0.25, 0.3) is 0 Å². The summed E-state index contributed by atoms with van der Waals surface area (Å²) in [6.45, 7) is 8.50. The quantitative estimate of drug-likeness (QED) is 0.632. The van der Waals surface area contributed by atoms with Gasteiger partial charge in [0.05, 0.1) is 5.69 Å². The van der Waals surface area contributed by atoms with E-state index in [0.717, 1.165) is 47.3 Å². The molecule has 156 valence electrons. The van der Waals surface area contributed by atoms with Gasteiger partial charge in [-0.1, -0.05) is 70.2 Å². The Morgan fingerprint density at radius 3 is 2.30 bits per heavy atom. The number of rotatable bonds is 4. The minimum atomic E-state index is -0.149. The molecule has 3 nitrogen and oxygen atoms in total. The summed E-state index contributed by atoms with van der Waals surface area (Å²) in [7, 11) is 0. The van der Waals surface area contributed by atoms with Crippen LogP contribution < -0.4 is 4.90 Å². The molecule has 1 amide bonds. The topological polar surface area (TPSA) is 37.4 Å². The third-order valence-electron chi connectivity index (χ3n) is 6.55. The van der Waals surface area contributed by atoms with E-state index in [1.165, 1.54) is 5.56 Å². The van der Waals surface area contributed by atoms with Gasteiger partial charge in [-0.2, -0.15) is 0 Å². The summed E-state index contributed by atoms with van der Waals surface area (Å²) in [5.41, 5.74) is 6.03. The zero-order chi connectivity index (χ0) is 21.5. The average molecular weight is 402 g/mol. The Hall–Kier alpha value is -2.68. The molecule has 3 heteroatoms. The van der Waals surface area contributed by atoms with E-state index in [2.05, 4.69) is 58.0 Å². The van der Waals surface area contributed by atoms with Crippen LogP contribution in [0.1, 0.15) is 69.6 Å². The van der Waals surface area contributed by atoms with Crippen molar-refractivity contribution in [2.75, 3.05) is 4.90 Å². The lowest BCUT2D eigenvalue weighted by Crippen LogP contribution is -2.44. The Balaban J connectivity index is 1.89. The first kappa shape index (κ1) is 20.6. The third kappa shape index (κ3) is 3.62. The van der Waals surface area contributed by atoms with Crippen molar-refractivity contribution < 1.29 is 9.59 Å². The Kier molecular flexibility index (Phi) is 5.40. The van der Waals surface area contributed by atoms with Crippen LogP contribution in [0.3, 0.4) is 0 Å². The molecule has 4 rings (SSSR count). The van der Waals surface area contributed by atoms with Crippen LogP contribution >= 0.6 is 0 Å². The van der Waals surface area contributed by atoms with Gasteiger partial charge in [-0.05, 0) is 47.4 Å². The maximum Gasteiger partial charge on any atom is 0.232 e. The fourth-order valence-electron chi connectivity index (χ4n) is 4.99. The largest absolute Gasteiger partial charge is 0.294 e. The Morgan fingerprint density at radius 1 is 0.933 bits per heavy atom. The molecule has 0 saturated carbocycles. The van der Waals surface area contributed by atoms with Gasteiger partial charge in [0.2, 0.25) is 5.91 Å². The highest BCUT2D eigenvalue weighted by Crippen LogP contribution is 2.48. The number of nitrogens with zero attached hydrogens (tertiary/aromatic N) is 1. The van der Waals surface area contributed by atoms with Crippen molar-refractivity contribution in [3.05, 3.63) is 76.5 Å². The fraction of sp³-hybridized carbons (Fsp3) is 0.407. The van der Waals surface area contributed by atoms with Gasteiger partial charge in [0.15, 0.2) is 5.78 Å². The lowest BCUT2D eigenvalue weighted by atomic mass is 9.69. The molecule has 2 aromatic carbocycles. The van der Waals surface area contributed by atoms with Crippen LogP contribution in [-0.4, -0.2) is 11.7 Å². The first-order chi connectivity index (χ1) is 14.3. The van der Waals surface area contributed by atoms with E-state index < -0.39 is 0 Å². The highest BCUT2D eigenvalue weighted by molar-refractivity contribution is 6.08. The van der Waals surface area contributed by atoms with Gasteiger partial charge >= 0.3 is 0 Å². The van der Waals surface area contributed by atoms with Gasteiger partial charge < -0.3 is 0 Å². The second-order valence-corrected chi connectivity index (χ2v) is 9.36. The summed E-state index contributed by atoms with van der Waals surface area (Å²) in [5.74, 6) is 0.133. The fourth-order valence-corrected chi connectivity index (χ4v) is 4.99. The molecule has 30 heavy (non-hydrogen) atoms. The van der Waals surface area contributed by atoms with E-state index in [1.807, 2.05) is 23.1 Å². The Labute approximate surface area is 179 Å². The molecule has 0 bridgehead atoms. The molecule has 0 saturated heterocycles. The minimum Gasteiger partial charge on any atom is -0.294 e. The smallest absolute Gasteiger partial charge is 0.232 e. The number of allylic oxidation sites excluding steroid dienone is 2. The number of anilines is 1. The molecule has 2 aliphatic rings. The molecule has 2 aromatic rings. The number of Topliss-reactive ketones (excluding diaryl/α,β-unsaturated/α-hetero) is 1. The highest BCUT2D eigenvalue weighted by atomic mass is 16.2. The molecule has 0 radical (unpaired) electrons. The summed E-state index contributed by atoms with van der Waals surface area (Å²) < 4.78 is 0. The molecule has 1 aliphatic carbocycles. The lowest BCUT2D eigenvalue weighted by Gasteiger charge is -2.43. The van der Waals surface area contributed by atoms with Gasteiger partial charge in [-0.15, -0.1) is 0 Å². The van der Waals surface area contributed by atoms with Crippen molar-refractivity contribution in [2.24, 2.45) is 5.41 Å². The molecule has 1 heterocycles. The van der Waals surface area contributed by atoms with Crippen LogP contribution in [0.15, 0.2) is 59.8 Å². The van der Waals surface area contributed by atoms with Crippen molar-refractivity contribution in [1.82, 2.24) is 0 Å². The number of carbonyl (C=O) groups is 2. The molecular weight excluding hydrogens is 370 g/mol. The number of carbonyl (C=O) groups excluding carboxylic acids is 2. The number of aryl methyl sites for hydroxylation is 2. The Bertz CT molecular complexity index is 1010. The van der Waals surface area contributed by atoms with Crippen LogP contribution in [0.5, 0.6) is 0 Å². The predicted molar refractivity (Wildman–Crippen MR) is 122 cm³/mol. The van der Waals surface area contributed by atoms with Crippen molar-refractivity contribution in [3.8, 4) is 0 Å². The van der Waals surface area contributed by atoms with Gasteiger partial charge in [0.1, 0.15) is 0 Å². The van der Waals surface area contributed by atoms with Gasteiger partial charge in [0, 0.05) is 30.0 Å². The number of para-hydroxylation sites is 1. The Morgan fingerprint density at radius 2 is 1.63 bits per heavy atom. The van der Waals surface area contributed by atoms with Crippen LogP contribution in [-0.2, 0) is 22.4 Å². The van der Waals surface area contributed by atoms with Crippen molar-refractivity contribution in [3.63, 3.8) is 0 Å². The summed E-state index contributed by atoms with van der Waals surface area (Å²) in [4.78, 5) is 28.8. The molecule has 0 spiro atoms. The minimum absolute atomic E-state index is 0.0877. The van der Waals surface area contributed by atoms with Crippen molar-refractivity contribution in [1.29, 1.82) is 0 Å². The highest BCUT2D eigenvalue weighted by Gasteiger charge is 2.44. The summed E-state index contributed by atoms with van der Waals surface area (Å²) in [6, 6.07) is 16.5. The van der Waals surface area contributed by atoms with E-state index in [0.29, 0.717) is 12.8 Å². The lowest BCUT2D eigenvalue weighted by molar-refractivity contribution is -0.121. The number of hydrogen-bond donors (Lipinski definition) is 0. The van der Waals surface area contributed by atoms with Crippen LogP contribution in [0.2, 0.25) is 0 Å². The molecule has 1 unspecified atom stereocenters. The second-order valence-electron chi connectivity index (χ2n) is 9.36. The van der Waals surface area contributed by atoms with E-state index >= 15 is 0 Å². The molecule has 1 atom stereocenters. The monoisotopic (exact) mass is 401 g/mol. The first-order valence-electron chi connectivity index (χ1n) is 11.1. The summed E-state index contributed by atoms with van der Waals surface area (Å²) >= 11 is 0. The van der Waals surface area contributed by atoms with Crippen molar-refractivity contribution in [2.45, 2.75) is 65.7 Å². The third-order valence-corrected chi connectivity index (χ3v) is 6.55. The van der Waals surface area contributed by atoms with E-state index in [1.54, 1.807) is 0 Å². The first-order valence-corrected chi connectivity index (χ1v) is 11.1. The standard InChI is InChI=1S/C27H31NO2/c1-5-18-11-13-20(14-12-18)21-15-25(30)28(22-10-8-7-9-19(22)6-2)23-16-27(3,4)17-24(29)26(21)23/h7-14,21H,5-6,15-17H2,1-4H3. The van der Waals surface area contributed by atoms with E-state index in [-0.39, 0.29) is 23.0 Å². The molecule has 0 N–H and O–H groups in total. The number of hydrogen-bond acceptors (Lipinski definition) is 2. The van der Waals surface area contributed by atoms with E-state index in [9.17, 15) is 9.59 Å². The average Bonchev–Trinajstić information content (AvgIpc) is 2.72.